The van der Waals surface area contributed by atoms with Crippen LogP contribution in [0.15, 0.2) is 0 Å². The van der Waals surface area contributed by atoms with Crippen LogP contribution in [0.5, 0.6) is 0 Å². The Balaban J connectivity index is 3.04. The first-order valence-electron chi connectivity index (χ1n) is 4.40. The molecule has 0 aliphatic heterocycles. The zero-order valence-electron chi connectivity index (χ0n) is 7.95. The normalized spacial score (nSPS) is 11.0. The molecular formula is C8H19NO3. The number of rotatable bonds is 8. The second-order valence-corrected chi connectivity index (χ2v) is 2.35. The highest BCUT2D eigenvalue weighted by atomic mass is 16.5. The van der Waals surface area contributed by atoms with E-state index >= 15 is 0 Å². The van der Waals surface area contributed by atoms with Crippen molar-refractivity contribution in [2.75, 3.05) is 39.5 Å². The highest BCUT2D eigenvalue weighted by molar-refractivity contribution is 4.42. The fourth-order valence-corrected chi connectivity index (χ4v) is 0.740. The molecule has 0 saturated heterocycles. The molecule has 0 fully saturated rings. The summed E-state index contributed by atoms with van der Waals surface area (Å²) < 4.78 is 10.1. The lowest BCUT2D eigenvalue weighted by atomic mass is 10.6. The Bertz CT molecular complexity index is 80.4. The van der Waals surface area contributed by atoms with Crippen molar-refractivity contribution in [3.63, 3.8) is 0 Å². The smallest absolute Gasteiger partial charge is 0.0616 e. The Labute approximate surface area is 74.0 Å². The van der Waals surface area contributed by atoms with Crippen LogP contribution in [-0.4, -0.2) is 49.8 Å². The van der Waals surface area contributed by atoms with Gasteiger partial charge in [0.1, 0.15) is 0 Å². The van der Waals surface area contributed by atoms with Crippen LogP contribution in [0, 0.1) is 0 Å². The van der Waals surface area contributed by atoms with E-state index in [1.54, 1.807) is 0 Å². The van der Waals surface area contributed by atoms with E-state index in [1.807, 2.05) is 13.8 Å². The maximum absolute atomic E-state index is 9.18. The molecule has 0 aromatic heterocycles. The maximum Gasteiger partial charge on any atom is 0.0616 e. The molecule has 0 aromatic carbocycles. The summed E-state index contributed by atoms with van der Waals surface area (Å²) in [5, 5.41) is 10.4. The first kappa shape index (κ1) is 11.8. The first-order chi connectivity index (χ1) is 5.81. The zero-order valence-corrected chi connectivity index (χ0v) is 7.95. The maximum atomic E-state index is 9.18. The largest absolute Gasteiger partial charge is 0.380 e. The predicted octanol–water partition coefficient (Wildman–Crippen LogP) is 0.751. The standard InChI is InChI=1S/C8H19NO3/c1-3-11-7-5-9(10)6-8-12-4-2/h10H,3-8H2,1-2H3. The summed E-state index contributed by atoms with van der Waals surface area (Å²) >= 11 is 0. The molecule has 0 unspecified atom stereocenters. The Morgan fingerprint density at radius 1 is 1.00 bits per heavy atom. The molecular weight excluding hydrogens is 158 g/mol. The van der Waals surface area contributed by atoms with Gasteiger partial charge in [0.2, 0.25) is 0 Å². The van der Waals surface area contributed by atoms with Crippen LogP contribution < -0.4 is 0 Å². The van der Waals surface area contributed by atoms with E-state index in [9.17, 15) is 5.21 Å². The highest BCUT2D eigenvalue weighted by Gasteiger charge is 1.98. The Kier molecular flexibility index (Phi) is 8.81. The van der Waals surface area contributed by atoms with Crippen LogP contribution in [0.3, 0.4) is 0 Å². The number of hydrogen-bond acceptors (Lipinski definition) is 4. The molecule has 0 heterocycles. The topological polar surface area (TPSA) is 41.9 Å². The molecule has 74 valence electrons. The Morgan fingerprint density at radius 2 is 1.42 bits per heavy atom. The lowest BCUT2D eigenvalue weighted by molar-refractivity contribution is -0.114. The number of hydrogen-bond donors (Lipinski definition) is 1. The predicted molar refractivity (Wildman–Crippen MR) is 46.3 cm³/mol. The first-order valence-corrected chi connectivity index (χ1v) is 4.40. The third-order valence-electron chi connectivity index (χ3n) is 1.40. The van der Waals surface area contributed by atoms with Gasteiger partial charge >= 0.3 is 0 Å². The second kappa shape index (κ2) is 8.93. The molecule has 0 atom stereocenters. The monoisotopic (exact) mass is 177 g/mol. The SMILES string of the molecule is CCOCCN(O)CCOCC. The summed E-state index contributed by atoms with van der Waals surface area (Å²) in [5.41, 5.74) is 0. The minimum atomic E-state index is 0.543. The number of nitrogens with zero attached hydrogens (tertiary/aromatic N) is 1. The van der Waals surface area contributed by atoms with Gasteiger partial charge in [-0.1, -0.05) is 0 Å². The minimum absolute atomic E-state index is 0.543. The highest BCUT2D eigenvalue weighted by Crippen LogP contribution is 1.83. The molecule has 1 N–H and O–H groups in total. The van der Waals surface area contributed by atoms with Gasteiger partial charge in [0.25, 0.3) is 0 Å². The van der Waals surface area contributed by atoms with Crippen molar-refractivity contribution in [3.8, 4) is 0 Å². The van der Waals surface area contributed by atoms with Gasteiger partial charge in [-0.05, 0) is 13.8 Å². The van der Waals surface area contributed by atoms with Crippen molar-refractivity contribution in [1.82, 2.24) is 5.06 Å². The van der Waals surface area contributed by atoms with Gasteiger partial charge < -0.3 is 14.7 Å². The van der Waals surface area contributed by atoms with E-state index in [0.717, 1.165) is 0 Å². The molecule has 12 heavy (non-hydrogen) atoms. The quantitative estimate of drug-likeness (QED) is 0.439. The molecule has 0 aromatic rings. The third-order valence-corrected chi connectivity index (χ3v) is 1.40. The van der Waals surface area contributed by atoms with Gasteiger partial charge in [-0.3, -0.25) is 0 Å². The Hall–Kier alpha value is -0.160. The zero-order chi connectivity index (χ0) is 9.23. The fraction of sp³-hybridized carbons (Fsp3) is 1.00. The van der Waals surface area contributed by atoms with Gasteiger partial charge in [-0.15, -0.1) is 0 Å². The molecule has 4 heteroatoms. The average Bonchev–Trinajstić information content (AvgIpc) is 2.06. The number of ether oxygens (including phenoxy) is 2. The van der Waals surface area contributed by atoms with Crippen LogP contribution in [0.4, 0.5) is 0 Å². The third kappa shape index (κ3) is 7.94. The summed E-state index contributed by atoms with van der Waals surface area (Å²) in [5.74, 6) is 0. The average molecular weight is 177 g/mol. The van der Waals surface area contributed by atoms with Gasteiger partial charge in [-0.2, -0.15) is 5.06 Å². The van der Waals surface area contributed by atoms with Gasteiger partial charge in [0, 0.05) is 26.3 Å². The van der Waals surface area contributed by atoms with Crippen LogP contribution in [0.1, 0.15) is 13.8 Å². The summed E-state index contributed by atoms with van der Waals surface area (Å²) in [6.07, 6.45) is 0. The van der Waals surface area contributed by atoms with E-state index in [-0.39, 0.29) is 0 Å². The van der Waals surface area contributed by atoms with E-state index < -0.39 is 0 Å². The summed E-state index contributed by atoms with van der Waals surface area (Å²) in [4.78, 5) is 0. The molecule has 0 rings (SSSR count). The molecule has 0 radical (unpaired) electrons. The summed E-state index contributed by atoms with van der Waals surface area (Å²) in [6, 6.07) is 0. The van der Waals surface area contributed by atoms with E-state index in [2.05, 4.69) is 0 Å². The molecule has 0 bridgehead atoms. The van der Waals surface area contributed by atoms with Crippen molar-refractivity contribution in [2.45, 2.75) is 13.8 Å². The van der Waals surface area contributed by atoms with Gasteiger partial charge in [-0.25, -0.2) is 0 Å². The van der Waals surface area contributed by atoms with E-state index in [0.29, 0.717) is 39.5 Å². The van der Waals surface area contributed by atoms with Crippen molar-refractivity contribution in [2.24, 2.45) is 0 Å². The molecule has 4 nitrogen and oxygen atoms in total. The minimum Gasteiger partial charge on any atom is -0.380 e. The summed E-state index contributed by atoms with van der Waals surface area (Å²) in [6.45, 7) is 7.47. The van der Waals surface area contributed by atoms with Crippen LogP contribution >= 0.6 is 0 Å². The van der Waals surface area contributed by atoms with Crippen molar-refractivity contribution >= 4 is 0 Å². The van der Waals surface area contributed by atoms with Crippen molar-refractivity contribution in [3.05, 3.63) is 0 Å². The molecule has 0 amide bonds. The van der Waals surface area contributed by atoms with Crippen molar-refractivity contribution in [1.29, 1.82) is 0 Å². The summed E-state index contributed by atoms with van der Waals surface area (Å²) in [7, 11) is 0. The lowest BCUT2D eigenvalue weighted by Gasteiger charge is -2.13. The van der Waals surface area contributed by atoms with Gasteiger partial charge in [0.05, 0.1) is 13.2 Å². The van der Waals surface area contributed by atoms with Crippen LogP contribution in [0.2, 0.25) is 0 Å². The second-order valence-electron chi connectivity index (χ2n) is 2.35. The lowest BCUT2D eigenvalue weighted by Crippen LogP contribution is -2.27. The fourth-order valence-electron chi connectivity index (χ4n) is 0.740. The van der Waals surface area contributed by atoms with E-state index in [4.69, 9.17) is 9.47 Å². The number of hydroxylamine groups is 2. The Morgan fingerprint density at radius 3 is 1.75 bits per heavy atom. The van der Waals surface area contributed by atoms with Crippen LogP contribution in [0.25, 0.3) is 0 Å². The van der Waals surface area contributed by atoms with Crippen LogP contribution in [-0.2, 0) is 9.47 Å². The molecule has 0 aliphatic carbocycles. The molecule has 0 saturated carbocycles. The van der Waals surface area contributed by atoms with Gasteiger partial charge in [0.15, 0.2) is 0 Å². The van der Waals surface area contributed by atoms with Crippen molar-refractivity contribution < 1.29 is 14.7 Å². The van der Waals surface area contributed by atoms with E-state index in [1.165, 1.54) is 5.06 Å². The molecule has 0 aliphatic rings. The molecule has 0 spiro atoms.